The van der Waals surface area contributed by atoms with Crippen LogP contribution in [0.5, 0.6) is 0 Å². The summed E-state index contributed by atoms with van der Waals surface area (Å²) < 4.78 is 16.1. The van der Waals surface area contributed by atoms with E-state index in [4.69, 9.17) is 0 Å². The third-order valence-electron chi connectivity index (χ3n) is 3.46. The van der Waals surface area contributed by atoms with Gasteiger partial charge in [-0.25, -0.2) is 4.39 Å². The number of para-hydroxylation sites is 1. The number of aromatic nitrogens is 1. The number of anilines is 1. The molecule has 1 aromatic heterocycles. The van der Waals surface area contributed by atoms with Crippen LogP contribution in [0.3, 0.4) is 0 Å². The summed E-state index contributed by atoms with van der Waals surface area (Å²) in [6, 6.07) is 11.5. The second-order valence-corrected chi connectivity index (χ2v) is 5.94. The zero-order valence-corrected chi connectivity index (χ0v) is 13.5. The van der Waals surface area contributed by atoms with E-state index in [2.05, 4.69) is 21.2 Å². The van der Waals surface area contributed by atoms with Gasteiger partial charge in [0.2, 0.25) is 5.91 Å². The number of fused-ring (bicyclic) bond motifs is 1. The summed E-state index contributed by atoms with van der Waals surface area (Å²) in [7, 11) is 0. The van der Waals surface area contributed by atoms with Crippen LogP contribution in [0, 0.1) is 5.82 Å². The van der Waals surface area contributed by atoms with Crippen molar-refractivity contribution in [1.82, 2.24) is 4.57 Å². The number of benzene rings is 2. The minimum Gasteiger partial charge on any atom is -0.337 e. The van der Waals surface area contributed by atoms with Crippen LogP contribution < -0.4 is 5.32 Å². The second kappa shape index (κ2) is 6.34. The van der Waals surface area contributed by atoms with Gasteiger partial charge in [-0.15, -0.1) is 0 Å². The van der Waals surface area contributed by atoms with E-state index in [0.717, 1.165) is 21.7 Å². The monoisotopic (exact) mass is 374 g/mol. The number of hydrogen-bond acceptors (Lipinski definition) is 2. The smallest absolute Gasteiger partial charge is 0.244 e. The predicted octanol–water partition coefficient (Wildman–Crippen LogP) is 3.99. The molecule has 0 fully saturated rings. The number of rotatable bonds is 4. The van der Waals surface area contributed by atoms with E-state index in [9.17, 15) is 14.0 Å². The first-order chi connectivity index (χ1) is 11.1. The quantitative estimate of drug-likeness (QED) is 0.701. The van der Waals surface area contributed by atoms with E-state index < -0.39 is 5.82 Å². The standard InChI is InChI=1S/C17H12BrFN2O2/c18-12-5-6-16-13(7-12)11(10-22)8-21(16)9-17(23)20-15-4-2-1-3-14(15)19/h1-8,10H,9H2,(H,20,23). The Hall–Kier alpha value is -2.47. The molecule has 0 saturated heterocycles. The highest BCUT2D eigenvalue weighted by molar-refractivity contribution is 9.10. The first kappa shape index (κ1) is 15.4. The van der Waals surface area contributed by atoms with Gasteiger partial charge in [-0.1, -0.05) is 28.1 Å². The van der Waals surface area contributed by atoms with Gasteiger partial charge in [-0.3, -0.25) is 9.59 Å². The molecule has 0 spiro atoms. The molecule has 3 aromatic rings. The minimum absolute atomic E-state index is 0.0136. The lowest BCUT2D eigenvalue weighted by Crippen LogP contribution is -2.18. The van der Waals surface area contributed by atoms with Crippen molar-refractivity contribution >= 4 is 44.7 Å². The molecular weight excluding hydrogens is 363 g/mol. The number of amides is 1. The van der Waals surface area contributed by atoms with Crippen LogP contribution >= 0.6 is 15.9 Å². The van der Waals surface area contributed by atoms with Crippen molar-refractivity contribution in [2.24, 2.45) is 0 Å². The maximum atomic E-state index is 13.6. The van der Waals surface area contributed by atoms with Crippen LogP contribution in [0.1, 0.15) is 10.4 Å². The molecule has 0 bridgehead atoms. The van der Waals surface area contributed by atoms with Crippen molar-refractivity contribution in [3.8, 4) is 0 Å². The largest absolute Gasteiger partial charge is 0.337 e. The molecule has 23 heavy (non-hydrogen) atoms. The molecule has 4 nitrogen and oxygen atoms in total. The van der Waals surface area contributed by atoms with Crippen molar-refractivity contribution in [2.75, 3.05) is 5.32 Å². The number of halogens is 2. The molecule has 6 heteroatoms. The Morgan fingerprint density at radius 3 is 2.78 bits per heavy atom. The molecule has 0 saturated carbocycles. The molecule has 0 aliphatic heterocycles. The Kier molecular flexibility index (Phi) is 4.25. The van der Waals surface area contributed by atoms with Crippen LogP contribution in [-0.2, 0) is 11.3 Å². The Balaban J connectivity index is 1.88. The molecule has 0 aliphatic rings. The van der Waals surface area contributed by atoms with Crippen molar-refractivity contribution in [3.05, 3.63) is 64.5 Å². The van der Waals surface area contributed by atoms with Crippen molar-refractivity contribution in [1.29, 1.82) is 0 Å². The molecule has 0 unspecified atom stereocenters. The highest BCUT2D eigenvalue weighted by Gasteiger charge is 2.12. The number of nitrogens with zero attached hydrogens (tertiary/aromatic N) is 1. The average molecular weight is 375 g/mol. The summed E-state index contributed by atoms with van der Waals surface area (Å²) in [4.78, 5) is 23.3. The molecule has 3 rings (SSSR count). The molecule has 116 valence electrons. The number of nitrogens with one attached hydrogen (secondary N) is 1. The number of carbonyl (C=O) groups is 2. The van der Waals surface area contributed by atoms with Crippen LogP contribution in [0.4, 0.5) is 10.1 Å². The lowest BCUT2D eigenvalue weighted by molar-refractivity contribution is -0.116. The van der Waals surface area contributed by atoms with Gasteiger partial charge in [-0.2, -0.15) is 0 Å². The number of aldehydes is 1. The summed E-state index contributed by atoms with van der Waals surface area (Å²) in [6.07, 6.45) is 2.37. The maximum Gasteiger partial charge on any atom is 0.244 e. The van der Waals surface area contributed by atoms with Gasteiger partial charge in [0, 0.05) is 27.1 Å². The predicted molar refractivity (Wildman–Crippen MR) is 90.1 cm³/mol. The lowest BCUT2D eigenvalue weighted by atomic mass is 10.2. The third kappa shape index (κ3) is 3.17. The lowest BCUT2D eigenvalue weighted by Gasteiger charge is -2.08. The SMILES string of the molecule is O=Cc1cn(CC(=O)Nc2ccccc2F)c2ccc(Br)cc12. The molecule has 1 amide bonds. The second-order valence-electron chi connectivity index (χ2n) is 5.02. The van der Waals surface area contributed by atoms with Crippen molar-refractivity contribution in [3.63, 3.8) is 0 Å². The number of hydrogen-bond donors (Lipinski definition) is 1. The van der Waals surface area contributed by atoms with Gasteiger partial charge in [0.25, 0.3) is 0 Å². The average Bonchev–Trinajstić information content (AvgIpc) is 2.86. The summed E-state index contributed by atoms with van der Waals surface area (Å²) in [5.74, 6) is -0.858. The van der Waals surface area contributed by atoms with Gasteiger partial charge >= 0.3 is 0 Å². The Morgan fingerprint density at radius 1 is 1.26 bits per heavy atom. The first-order valence-corrected chi connectivity index (χ1v) is 7.66. The topological polar surface area (TPSA) is 51.1 Å². The molecule has 1 heterocycles. The van der Waals surface area contributed by atoms with Gasteiger partial charge in [0.05, 0.1) is 5.69 Å². The minimum atomic E-state index is -0.490. The van der Waals surface area contributed by atoms with Crippen LogP contribution in [0.2, 0.25) is 0 Å². The fraction of sp³-hybridized carbons (Fsp3) is 0.0588. The zero-order valence-electron chi connectivity index (χ0n) is 11.9. The van der Waals surface area contributed by atoms with E-state index in [1.165, 1.54) is 12.1 Å². The highest BCUT2D eigenvalue weighted by Crippen LogP contribution is 2.24. The summed E-state index contributed by atoms with van der Waals surface area (Å²) >= 11 is 3.36. The van der Waals surface area contributed by atoms with E-state index in [0.29, 0.717) is 5.56 Å². The fourth-order valence-electron chi connectivity index (χ4n) is 2.43. The van der Waals surface area contributed by atoms with Crippen LogP contribution in [-0.4, -0.2) is 16.8 Å². The highest BCUT2D eigenvalue weighted by atomic mass is 79.9. The van der Waals surface area contributed by atoms with Crippen LogP contribution in [0.15, 0.2) is 53.1 Å². The van der Waals surface area contributed by atoms with Gasteiger partial charge in [0.15, 0.2) is 6.29 Å². The number of carbonyl (C=O) groups excluding carboxylic acids is 2. The molecule has 0 atom stereocenters. The zero-order chi connectivity index (χ0) is 16.4. The van der Waals surface area contributed by atoms with E-state index in [1.54, 1.807) is 22.9 Å². The summed E-state index contributed by atoms with van der Waals surface area (Å²) in [5, 5.41) is 3.29. The van der Waals surface area contributed by atoms with Crippen molar-refractivity contribution in [2.45, 2.75) is 6.54 Å². The third-order valence-corrected chi connectivity index (χ3v) is 3.96. The summed E-state index contributed by atoms with van der Waals surface area (Å²) in [5.41, 5.74) is 1.39. The Bertz CT molecular complexity index is 905. The maximum absolute atomic E-state index is 13.6. The Morgan fingerprint density at radius 2 is 2.04 bits per heavy atom. The van der Waals surface area contributed by atoms with Gasteiger partial charge < -0.3 is 9.88 Å². The van der Waals surface area contributed by atoms with E-state index in [-0.39, 0.29) is 18.1 Å². The molecule has 0 aliphatic carbocycles. The van der Waals surface area contributed by atoms with E-state index >= 15 is 0 Å². The molecule has 1 N–H and O–H groups in total. The normalized spacial score (nSPS) is 10.7. The first-order valence-electron chi connectivity index (χ1n) is 6.86. The Labute approximate surface area is 140 Å². The van der Waals surface area contributed by atoms with Gasteiger partial charge in [0.1, 0.15) is 12.4 Å². The summed E-state index contributed by atoms with van der Waals surface area (Å²) in [6.45, 7) is -0.0136. The fourth-order valence-corrected chi connectivity index (χ4v) is 2.79. The van der Waals surface area contributed by atoms with Crippen LogP contribution in [0.25, 0.3) is 10.9 Å². The molecule has 2 aromatic carbocycles. The molecule has 0 radical (unpaired) electrons. The van der Waals surface area contributed by atoms with Crippen molar-refractivity contribution < 1.29 is 14.0 Å². The molecular formula is C17H12BrFN2O2. The van der Waals surface area contributed by atoms with Gasteiger partial charge in [-0.05, 0) is 30.3 Å². The van der Waals surface area contributed by atoms with E-state index in [1.807, 2.05) is 18.2 Å².